The van der Waals surface area contributed by atoms with Gasteiger partial charge in [0.25, 0.3) is 0 Å². The number of rotatable bonds is 11. The van der Waals surface area contributed by atoms with Gasteiger partial charge in [0.15, 0.2) is 0 Å². The Bertz CT molecular complexity index is 338. The summed E-state index contributed by atoms with van der Waals surface area (Å²) in [7, 11) is 0. The third-order valence-electron chi connectivity index (χ3n) is 2.84. The molecule has 0 aliphatic rings. The van der Waals surface area contributed by atoms with Crippen molar-refractivity contribution in [2.45, 2.75) is 43.3 Å². The van der Waals surface area contributed by atoms with Crippen LogP contribution in [0.25, 0.3) is 0 Å². The molecule has 0 aromatic carbocycles. The monoisotopic (exact) mass is 311 g/mol. The maximum atomic E-state index is 10.9. The lowest BCUT2D eigenvalue weighted by Gasteiger charge is -2.26. The molecule has 21 heavy (non-hydrogen) atoms. The van der Waals surface area contributed by atoms with Crippen molar-refractivity contribution in [3.63, 3.8) is 0 Å². The number of carbonyl (C=O) groups is 2. The number of carboxylic acids is 2. The number of hydrogen-bond acceptors (Lipinski definition) is 8. The smallest absolute Gasteiger partial charge is 0.320 e. The van der Waals surface area contributed by atoms with E-state index in [1.54, 1.807) is 0 Å². The fourth-order valence-corrected chi connectivity index (χ4v) is 1.53. The summed E-state index contributed by atoms with van der Waals surface area (Å²) in [6, 6.07) is -1.25. The van der Waals surface area contributed by atoms with E-state index in [-0.39, 0.29) is 6.42 Å². The molecule has 0 fully saturated rings. The molecule has 0 amide bonds. The number of hydrogen-bond donors (Lipinski definition) is 8. The Balaban J connectivity index is 4.38. The Morgan fingerprint density at radius 2 is 1.48 bits per heavy atom. The molecule has 5 atom stereocenters. The quantitative estimate of drug-likeness (QED) is 0.189. The van der Waals surface area contributed by atoms with Crippen LogP contribution in [0.2, 0.25) is 0 Å². The summed E-state index contributed by atoms with van der Waals surface area (Å²) in [5.74, 6) is -2.50. The van der Waals surface area contributed by atoms with Crippen molar-refractivity contribution in [2.24, 2.45) is 0 Å². The van der Waals surface area contributed by atoms with Gasteiger partial charge in [0.05, 0.1) is 12.7 Å². The van der Waals surface area contributed by atoms with Crippen LogP contribution in [0.3, 0.4) is 0 Å². The van der Waals surface area contributed by atoms with Gasteiger partial charge in [0.2, 0.25) is 0 Å². The lowest BCUT2D eigenvalue weighted by Crippen LogP contribution is -2.51. The molecular weight excluding hydrogens is 290 g/mol. The van der Waals surface area contributed by atoms with E-state index in [2.05, 4.69) is 5.32 Å². The molecule has 0 saturated heterocycles. The predicted octanol–water partition coefficient (Wildman–Crippen LogP) is -3.67. The highest BCUT2D eigenvalue weighted by molar-refractivity contribution is 5.75. The van der Waals surface area contributed by atoms with E-state index in [1.807, 2.05) is 0 Å². The summed E-state index contributed by atoms with van der Waals surface area (Å²) in [5, 5.41) is 65.8. The SMILES string of the molecule is O=C(O)CCC(NC[C@@H](O)[C@@H](O)[C@H](O)[C@H](O)CO)C(=O)O. The third kappa shape index (κ3) is 7.32. The van der Waals surface area contributed by atoms with E-state index in [4.69, 9.17) is 20.4 Å². The van der Waals surface area contributed by atoms with E-state index in [1.165, 1.54) is 0 Å². The summed E-state index contributed by atoms with van der Waals surface area (Å²) in [6.45, 7) is -1.28. The van der Waals surface area contributed by atoms with Crippen LogP contribution in [0.5, 0.6) is 0 Å². The molecule has 0 aromatic heterocycles. The minimum absolute atomic E-state index is 0.227. The highest BCUT2D eigenvalue weighted by atomic mass is 16.4. The van der Waals surface area contributed by atoms with Gasteiger partial charge in [-0.3, -0.25) is 9.59 Å². The Hall–Kier alpha value is -1.30. The largest absolute Gasteiger partial charge is 0.481 e. The van der Waals surface area contributed by atoms with Crippen molar-refractivity contribution < 1.29 is 45.3 Å². The van der Waals surface area contributed by atoms with Crippen molar-refractivity contribution in [3.05, 3.63) is 0 Å². The molecule has 0 aromatic rings. The summed E-state index contributed by atoms with van der Waals surface area (Å²) in [5.41, 5.74) is 0. The fraction of sp³-hybridized carbons (Fsp3) is 0.818. The van der Waals surface area contributed by atoms with Crippen LogP contribution in [-0.2, 0) is 9.59 Å². The molecule has 0 saturated carbocycles. The van der Waals surface area contributed by atoms with Gasteiger partial charge in [-0.1, -0.05) is 0 Å². The summed E-state index contributed by atoms with van der Waals surface area (Å²) in [4.78, 5) is 21.2. The summed E-state index contributed by atoms with van der Waals surface area (Å²) >= 11 is 0. The molecule has 10 heteroatoms. The normalized spacial score (nSPS) is 18.5. The van der Waals surface area contributed by atoms with Crippen molar-refractivity contribution in [1.29, 1.82) is 0 Å². The maximum Gasteiger partial charge on any atom is 0.320 e. The Labute approximate surface area is 120 Å². The van der Waals surface area contributed by atoms with Gasteiger partial charge in [0.1, 0.15) is 24.4 Å². The van der Waals surface area contributed by atoms with Gasteiger partial charge in [-0.25, -0.2) is 0 Å². The van der Waals surface area contributed by atoms with Crippen LogP contribution in [0.15, 0.2) is 0 Å². The zero-order valence-electron chi connectivity index (χ0n) is 11.2. The molecule has 0 heterocycles. The molecule has 0 spiro atoms. The van der Waals surface area contributed by atoms with Crippen LogP contribution in [-0.4, -0.2) is 91.3 Å². The molecule has 0 aliphatic carbocycles. The van der Waals surface area contributed by atoms with E-state index in [0.29, 0.717) is 0 Å². The number of nitrogens with one attached hydrogen (secondary N) is 1. The van der Waals surface area contributed by atoms with Gasteiger partial charge in [-0.15, -0.1) is 0 Å². The predicted molar refractivity (Wildman–Crippen MR) is 67.4 cm³/mol. The second-order valence-corrected chi connectivity index (χ2v) is 4.53. The third-order valence-corrected chi connectivity index (χ3v) is 2.84. The molecule has 0 bridgehead atoms. The van der Waals surface area contributed by atoms with Crippen LogP contribution in [0.1, 0.15) is 12.8 Å². The van der Waals surface area contributed by atoms with E-state index < -0.39 is 62.0 Å². The first-order valence-corrected chi connectivity index (χ1v) is 6.21. The lowest BCUT2D eigenvalue weighted by atomic mass is 10.0. The Morgan fingerprint density at radius 1 is 0.952 bits per heavy atom. The van der Waals surface area contributed by atoms with Gasteiger partial charge < -0.3 is 41.1 Å². The van der Waals surface area contributed by atoms with Crippen LogP contribution in [0.4, 0.5) is 0 Å². The van der Waals surface area contributed by atoms with E-state index in [0.717, 1.165) is 0 Å². The van der Waals surface area contributed by atoms with Gasteiger partial charge in [-0.2, -0.15) is 0 Å². The fourth-order valence-electron chi connectivity index (χ4n) is 1.53. The van der Waals surface area contributed by atoms with Gasteiger partial charge in [0, 0.05) is 13.0 Å². The van der Waals surface area contributed by atoms with E-state index in [9.17, 15) is 24.9 Å². The summed E-state index contributed by atoms with van der Waals surface area (Å²) < 4.78 is 0. The standard InChI is InChI=1S/C11H21NO9/c13-4-7(15)10(19)9(18)6(14)3-12-5(11(20)21)1-2-8(16)17/h5-7,9-10,12-15,18-19H,1-4H2,(H,16,17)(H,20,21)/t5?,6-,7-,9-,10-/m1/s1. The minimum Gasteiger partial charge on any atom is -0.481 e. The first-order chi connectivity index (χ1) is 9.70. The average molecular weight is 311 g/mol. The second kappa shape index (κ2) is 9.60. The second-order valence-electron chi connectivity index (χ2n) is 4.53. The highest BCUT2D eigenvalue weighted by Crippen LogP contribution is 2.06. The zero-order chi connectivity index (χ0) is 16.6. The molecule has 0 aliphatic heterocycles. The van der Waals surface area contributed by atoms with Crippen LogP contribution < -0.4 is 5.32 Å². The molecule has 1 unspecified atom stereocenters. The van der Waals surface area contributed by atoms with E-state index >= 15 is 0 Å². The van der Waals surface area contributed by atoms with Crippen molar-refractivity contribution in [1.82, 2.24) is 5.32 Å². The minimum atomic E-state index is -1.81. The number of aliphatic hydroxyl groups is 5. The first-order valence-electron chi connectivity index (χ1n) is 6.21. The van der Waals surface area contributed by atoms with Crippen molar-refractivity contribution >= 4 is 11.9 Å². The number of carboxylic acid groups (broad SMARTS) is 2. The molecule has 8 N–H and O–H groups in total. The topological polar surface area (TPSA) is 188 Å². The lowest BCUT2D eigenvalue weighted by molar-refractivity contribution is -0.141. The highest BCUT2D eigenvalue weighted by Gasteiger charge is 2.30. The van der Waals surface area contributed by atoms with Crippen molar-refractivity contribution in [2.75, 3.05) is 13.2 Å². The van der Waals surface area contributed by atoms with Crippen LogP contribution in [0, 0.1) is 0 Å². The number of aliphatic carboxylic acids is 2. The average Bonchev–Trinajstić information content (AvgIpc) is 2.43. The van der Waals surface area contributed by atoms with Gasteiger partial charge >= 0.3 is 11.9 Å². The summed E-state index contributed by atoms with van der Waals surface area (Å²) in [6.07, 6.45) is -7.52. The molecule has 0 radical (unpaired) electrons. The molecular formula is C11H21NO9. The molecule has 0 rings (SSSR count). The molecule has 10 nitrogen and oxygen atoms in total. The molecule has 124 valence electrons. The Kier molecular flexibility index (Phi) is 9.01. The van der Waals surface area contributed by atoms with Crippen molar-refractivity contribution in [3.8, 4) is 0 Å². The van der Waals surface area contributed by atoms with Gasteiger partial charge in [-0.05, 0) is 6.42 Å². The zero-order valence-corrected chi connectivity index (χ0v) is 11.2. The number of aliphatic hydroxyl groups excluding tert-OH is 5. The Morgan fingerprint density at radius 3 is 1.90 bits per heavy atom. The first kappa shape index (κ1) is 19.7. The maximum absolute atomic E-state index is 10.9. The van der Waals surface area contributed by atoms with Crippen LogP contribution >= 0.6 is 0 Å².